The zero-order chi connectivity index (χ0) is 10.3. The lowest BCUT2D eigenvalue weighted by atomic mass is 10.4. The molecule has 0 aromatic heterocycles. The lowest BCUT2D eigenvalue weighted by molar-refractivity contribution is -0.120. The monoisotopic (exact) mass is 188 g/mol. The van der Waals surface area contributed by atoms with Crippen molar-refractivity contribution in [2.24, 2.45) is 10.9 Å². The predicted octanol–water partition coefficient (Wildman–Crippen LogP) is -1.15. The molecule has 13 heavy (non-hydrogen) atoms. The molecular weight excluding hydrogens is 172 g/mol. The van der Waals surface area contributed by atoms with E-state index in [9.17, 15) is 4.79 Å². The highest BCUT2D eigenvalue weighted by atomic mass is 16.4. The Bertz CT molecular complexity index is 191. The number of amidine groups is 1. The summed E-state index contributed by atoms with van der Waals surface area (Å²) >= 11 is 0. The van der Waals surface area contributed by atoms with Crippen LogP contribution < -0.4 is 16.4 Å². The number of oxime groups is 1. The molecule has 0 aliphatic carbocycles. The molecule has 0 unspecified atom stereocenters. The fourth-order valence-electron chi connectivity index (χ4n) is 0.712. The normalized spacial score (nSPS) is 11.8. The summed E-state index contributed by atoms with van der Waals surface area (Å²) in [4.78, 5) is 11.0. The van der Waals surface area contributed by atoms with Gasteiger partial charge in [-0.25, -0.2) is 0 Å². The molecular formula is C7H16N4O2. The van der Waals surface area contributed by atoms with Gasteiger partial charge in [-0.15, -0.1) is 0 Å². The molecule has 0 saturated heterocycles. The van der Waals surface area contributed by atoms with Crippen molar-refractivity contribution >= 4 is 11.7 Å². The molecule has 1 amide bonds. The average Bonchev–Trinajstić information content (AvgIpc) is 2.02. The van der Waals surface area contributed by atoms with Crippen LogP contribution >= 0.6 is 0 Å². The van der Waals surface area contributed by atoms with E-state index in [1.54, 1.807) is 0 Å². The van der Waals surface area contributed by atoms with Crippen LogP contribution in [-0.4, -0.2) is 36.1 Å². The standard InChI is InChI=1S/C7H16N4O2/c1-5(2)10-7(12)4-9-3-6(8)11-13/h5,9,13H,3-4H2,1-2H3,(H2,8,11)(H,10,12). The van der Waals surface area contributed by atoms with Crippen molar-refractivity contribution in [2.75, 3.05) is 13.1 Å². The van der Waals surface area contributed by atoms with Crippen LogP contribution in [-0.2, 0) is 4.79 Å². The first-order chi connectivity index (χ1) is 6.06. The number of amides is 1. The summed E-state index contributed by atoms with van der Waals surface area (Å²) < 4.78 is 0. The molecule has 0 aliphatic rings. The van der Waals surface area contributed by atoms with Gasteiger partial charge in [0.15, 0.2) is 5.84 Å². The topological polar surface area (TPSA) is 99.7 Å². The van der Waals surface area contributed by atoms with Crippen LogP contribution in [0.2, 0.25) is 0 Å². The molecule has 0 fully saturated rings. The summed E-state index contributed by atoms with van der Waals surface area (Å²) in [5, 5.41) is 16.3. The van der Waals surface area contributed by atoms with Crippen molar-refractivity contribution in [1.29, 1.82) is 0 Å². The maximum absolute atomic E-state index is 11.0. The van der Waals surface area contributed by atoms with Crippen LogP contribution in [0.5, 0.6) is 0 Å². The Labute approximate surface area is 77.2 Å². The van der Waals surface area contributed by atoms with Crippen molar-refractivity contribution in [2.45, 2.75) is 19.9 Å². The van der Waals surface area contributed by atoms with E-state index in [2.05, 4.69) is 15.8 Å². The number of nitrogens with zero attached hydrogens (tertiary/aromatic N) is 1. The summed E-state index contributed by atoms with van der Waals surface area (Å²) in [5.74, 6) is -0.0573. The van der Waals surface area contributed by atoms with E-state index in [1.165, 1.54) is 0 Å². The summed E-state index contributed by atoms with van der Waals surface area (Å²) in [5.41, 5.74) is 5.17. The number of carbonyl (C=O) groups is 1. The molecule has 0 spiro atoms. The summed E-state index contributed by atoms with van der Waals surface area (Å²) in [7, 11) is 0. The van der Waals surface area contributed by atoms with Crippen molar-refractivity contribution in [3.63, 3.8) is 0 Å². The number of rotatable bonds is 5. The van der Waals surface area contributed by atoms with Gasteiger partial charge in [-0.2, -0.15) is 0 Å². The molecule has 5 N–H and O–H groups in total. The number of nitrogens with one attached hydrogen (secondary N) is 2. The molecule has 0 radical (unpaired) electrons. The van der Waals surface area contributed by atoms with Gasteiger partial charge in [0.1, 0.15) is 0 Å². The second-order valence-corrected chi connectivity index (χ2v) is 2.92. The van der Waals surface area contributed by atoms with Crippen LogP contribution in [0.4, 0.5) is 0 Å². The van der Waals surface area contributed by atoms with Crippen LogP contribution in [0, 0.1) is 0 Å². The van der Waals surface area contributed by atoms with E-state index in [1.807, 2.05) is 13.8 Å². The summed E-state index contributed by atoms with van der Waals surface area (Å²) in [6.07, 6.45) is 0. The third-order valence-corrected chi connectivity index (χ3v) is 1.17. The Balaban J connectivity index is 3.48. The second-order valence-electron chi connectivity index (χ2n) is 2.92. The highest BCUT2D eigenvalue weighted by Gasteiger charge is 2.02. The number of hydrogen-bond acceptors (Lipinski definition) is 4. The molecule has 0 aromatic carbocycles. The van der Waals surface area contributed by atoms with Gasteiger partial charge >= 0.3 is 0 Å². The molecule has 6 nitrogen and oxygen atoms in total. The Morgan fingerprint density at radius 1 is 1.54 bits per heavy atom. The van der Waals surface area contributed by atoms with Crippen molar-refractivity contribution in [3.05, 3.63) is 0 Å². The fraction of sp³-hybridized carbons (Fsp3) is 0.714. The minimum atomic E-state index is -0.110. The molecule has 6 heteroatoms. The van der Waals surface area contributed by atoms with E-state index in [0.29, 0.717) is 0 Å². The smallest absolute Gasteiger partial charge is 0.234 e. The van der Waals surface area contributed by atoms with E-state index in [4.69, 9.17) is 10.9 Å². The van der Waals surface area contributed by atoms with Gasteiger partial charge in [0.05, 0.1) is 13.1 Å². The molecule has 0 saturated carbocycles. The van der Waals surface area contributed by atoms with E-state index in [0.717, 1.165) is 0 Å². The average molecular weight is 188 g/mol. The Hall–Kier alpha value is -1.30. The van der Waals surface area contributed by atoms with E-state index in [-0.39, 0.29) is 30.9 Å². The van der Waals surface area contributed by atoms with Crippen molar-refractivity contribution in [3.8, 4) is 0 Å². The molecule has 0 aromatic rings. The van der Waals surface area contributed by atoms with Gasteiger partial charge in [0.2, 0.25) is 5.91 Å². The zero-order valence-corrected chi connectivity index (χ0v) is 7.87. The van der Waals surface area contributed by atoms with Crippen LogP contribution in [0.15, 0.2) is 5.16 Å². The predicted molar refractivity (Wildman–Crippen MR) is 49.6 cm³/mol. The SMILES string of the molecule is CC(C)NC(=O)CNCC(N)=NO. The molecule has 0 rings (SSSR count). The quantitative estimate of drug-likeness (QED) is 0.189. The van der Waals surface area contributed by atoms with Gasteiger partial charge in [0, 0.05) is 6.04 Å². The Morgan fingerprint density at radius 3 is 2.62 bits per heavy atom. The maximum Gasteiger partial charge on any atom is 0.234 e. The Morgan fingerprint density at radius 2 is 2.15 bits per heavy atom. The molecule has 0 bridgehead atoms. The van der Waals surface area contributed by atoms with E-state index < -0.39 is 0 Å². The van der Waals surface area contributed by atoms with Gasteiger partial charge in [0.25, 0.3) is 0 Å². The fourth-order valence-corrected chi connectivity index (χ4v) is 0.712. The summed E-state index contributed by atoms with van der Waals surface area (Å²) in [6.45, 7) is 4.11. The molecule has 76 valence electrons. The van der Waals surface area contributed by atoms with Crippen molar-refractivity contribution < 1.29 is 10.0 Å². The first-order valence-corrected chi connectivity index (χ1v) is 4.02. The molecule has 0 heterocycles. The Kier molecular flexibility index (Phi) is 5.62. The number of carbonyl (C=O) groups excluding carboxylic acids is 1. The van der Waals surface area contributed by atoms with Crippen molar-refractivity contribution in [1.82, 2.24) is 10.6 Å². The third-order valence-electron chi connectivity index (χ3n) is 1.17. The number of hydrogen-bond donors (Lipinski definition) is 4. The largest absolute Gasteiger partial charge is 0.409 e. The van der Waals surface area contributed by atoms with Crippen LogP contribution in [0.25, 0.3) is 0 Å². The maximum atomic E-state index is 11.0. The minimum Gasteiger partial charge on any atom is -0.409 e. The first kappa shape index (κ1) is 11.7. The highest BCUT2D eigenvalue weighted by Crippen LogP contribution is 1.75. The lowest BCUT2D eigenvalue weighted by Gasteiger charge is -2.08. The zero-order valence-electron chi connectivity index (χ0n) is 7.87. The van der Waals surface area contributed by atoms with Crippen LogP contribution in [0.1, 0.15) is 13.8 Å². The first-order valence-electron chi connectivity index (χ1n) is 4.02. The highest BCUT2D eigenvalue weighted by molar-refractivity contribution is 5.83. The molecule has 0 aliphatic heterocycles. The third kappa shape index (κ3) is 7.07. The summed E-state index contributed by atoms with van der Waals surface area (Å²) in [6, 6.07) is 0.123. The van der Waals surface area contributed by atoms with Crippen LogP contribution in [0.3, 0.4) is 0 Å². The van der Waals surface area contributed by atoms with Gasteiger partial charge in [-0.05, 0) is 13.8 Å². The van der Waals surface area contributed by atoms with Gasteiger partial charge in [-0.1, -0.05) is 5.16 Å². The lowest BCUT2D eigenvalue weighted by Crippen LogP contribution is -2.40. The van der Waals surface area contributed by atoms with E-state index >= 15 is 0 Å². The minimum absolute atomic E-state index is 0.0531. The number of nitrogens with two attached hydrogens (primary N) is 1. The van der Waals surface area contributed by atoms with Gasteiger partial charge < -0.3 is 21.6 Å². The second kappa shape index (κ2) is 6.24. The van der Waals surface area contributed by atoms with Gasteiger partial charge in [-0.3, -0.25) is 4.79 Å². The molecule has 0 atom stereocenters.